The first kappa shape index (κ1) is 22.9. The van der Waals surface area contributed by atoms with Crippen molar-refractivity contribution >= 4 is 26.8 Å². The number of aromatic nitrogens is 2. The van der Waals surface area contributed by atoms with Gasteiger partial charge in [-0.2, -0.15) is 4.72 Å². The fourth-order valence-electron chi connectivity index (χ4n) is 4.18. The molecular weight excluding hydrogens is 444 g/mol. The Balaban J connectivity index is 1.72. The number of rotatable bonds is 6. The van der Waals surface area contributed by atoms with Crippen molar-refractivity contribution in [3.8, 4) is 0 Å². The number of nitrogens with one attached hydrogen (secondary N) is 1. The van der Waals surface area contributed by atoms with Gasteiger partial charge in [-0.05, 0) is 43.0 Å². The van der Waals surface area contributed by atoms with Crippen LogP contribution in [0, 0.1) is 0 Å². The van der Waals surface area contributed by atoms with E-state index in [1.54, 1.807) is 4.90 Å². The van der Waals surface area contributed by atoms with Crippen LogP contribution in [-0.2, 0) is 35.3 Å². The summed E-state index contributed by atoms with van der Waals surface area (Å²) in [4.78, 5) is 39.5. The average Bonchev–Trinajstić information content (AvgIpc) is 3.35. The topological polar surface area (TPSA) is 110 Å². The van der Waals surface area contributed by atoms with Crippen LogP contribution >= 0.6 is 0 Å². The highest BCUT2D eigenvalue weighted by Crippen LogP contribution is 2.18. The van der Waals surface area contributed by atoms with Crippen molar-refractivity contribution in [3.05, 3.63) is 74.9 Å². The molecule has 0 spiro atoms. The normalized spacial score (nSPS) is 15.2. The molecule has 1 N–H and O–H groups in total. The van der Waals surface area contributed by atoms with Crippen LogP contribution in [-0.4, -0.2) is 47.5 Å². The number of aryl methyl sites for hydroxylation is 1. The Labute approximate surface area is 191 Å². The Morgan fingerprint density at radius 2 is 1.67 bits per heavy atom. The highest BCUT2D eigenvalue weighted by molar-refractivity contribution is 7.89. The molecule has 174 valence electrons. The molecule has 3 aromatic rings. The second-order valence-electron chi connectivity index (χ2n) is 8.28. The lowest BCUT2D eigenvalue weighted by molar-refractivity contribution is -0.131. The first-order chi connectivity index (χ1) is 15.7. The van der Waals surface area contributed by atoms with Gasteiger partial charge in [-0.1, -0.05) is 30.3 Å². The standard InChI is InChI=1S/C23H26N4O5S/c1-25-20-11-10-17(15-18(20)21(28)26(2)23(25)30)33(31,32)24-19(14-16-8-4-3-5-9-16)22(29)27-12-6-7-13-27/h3-5,8-11,15,19,24H,6-7,12-14H2,1-2H3. The van der Waals surface area contributed by atoms with Crippen LogP contribution in [0.15, 0.2) is 63.0 Å². The zero-order valence-electron chi connectivity index (χ0n) is 18.5. The maximum Gasteiger partial charge on any atom is 0.330 e. The quantitative estimate of drug-likeness (QED) is 0.572. The largest absolute Gasteiger partial charge is 0.341 e. The summed E-state index contributed by atoms with van der Waals surface area (Å²) in [6, 6.07) is 12.3. The highest BCUT2D eigenvalue weighted by Gasteiger charge is 2.31. The van der Waals surface area contributed by atoms with Crippen molar-refractivity contribution in [3.63, 3.8) is 0 Å². The molecule has 10 heteroatoms. The molecule has 1 atom stereocenters. The molecule has 0 aliphatic carbocycles. The Morgan fingerprint density at radius 1 is 1.00 bits per heavy atom. The van der Waals surface area contributed by atoms with Crippen molar-refractivity contribution in [2.45, 2.75) is 30.2 Å². The minimum absolute atomic E-state index is 0.105. The number of benzene rings is 2. The van der Waals surface area contributed by atoms with E-state index >= 15 is 0 Å². The van der Waals surface area contributed by atoms with E-state index in [0.717, 1.165) is 23.0 Å². The Hall–Kier alpha value is -3.24. The Morgan fingerprint density at radius 3 is 2.33 bits per heavy atom. The number of carbonyl (C=O) groups excluding carboxylic acids is 1. The summed E-state index contributed by atoms with van der Waals surface area (Å²) >= 11 is 0. The van der Waals surface area contributed by atoms with Crippen LogP contribution in [0.1, 0.15) is 18.4 Å². The second-order valence-corrected chi connectivity index (χ2v) is 9.99. The summed E-state index contributed by atoms with van der Waals surface area (Å²) in [5.74, 6) is -0.265. The van der Waals surface area contributed by atoms with Gasteiger partial charge < -0.3 is 4.90 Å². The third kappa shape index (κ3) is 4.49. The molecule has 2 aromatic carbocycles. The fourth-order valence-corrected chi connectivity index (χ4v) is 5.40. The zero-order valence-corrected chi connectivity index (χ0v) is 19.3. The van der Waals surface area contributed by atoms with Gasteiger partial charge in [0.2, 0.25) is 15.9 Å². The van der Waals surface area contributed by atoms with Gasteiger partial charge in [-0.3, -0.25) is 18.7 Å². The molecule has 2 heterocycles. The van der Waals surface area contributed by atoms with Gasteiger partial charge in [0.25, 0.3) is 5.56 Å². The number of amides is 1. The first-order valence-corrected chi connectivity index (χ1v) is 12.2. The molecule has 9 nitrogen and oxygen atoms in total. The van der Waals surface area contributed by atoms with Crippen LogP contribution in [0.5, 0.6) is 0 Å². The van der Waals surface area contributed by atoms with Crippen LogP contribution in [0.2, 0.25) is 0 Å². The van der Waals surface area contributed by atoms with Crippen LogP contribution in [0.25, 0.3) is 10.9 Å². The van der Waals surface area contributed by atoms with Crippen LogP contribution in [0.3, 0.4) is 0 Å². The molecule has 33 heavy (non-hydrogen) atoms. The van der Waals surface area contributed by atoms with Crippen molar-refractivity contribution in [2.24, 2.45) is 14.1 Å². The van der Waals surface area contributed by atoms with Crippen molar-refractivity contribution in [1.29, 1.82) is 0 Å². The summed E-state index contributed by atoms with van der Waals surface area (Å²) in [5.41, 5.74) is 0.0793. The predicted molar refractivity (Wildman–Crippen MR) is 124 cm³/mol. The Bertz CT molecular complexity index is 1420. The first-order valence-electron chi connectivity index (χ1n) is 10.7. The van der Waals surface area contributed by atoms with Gasteiger partial charge in [-0.25, -0.2) is 13.2 Å². The smallest absolute Gasteiger partial charge is 0.330 e. The van der Waals surface area contributed by atoms with Crippen molar-refractivity contribution in [2.75, 3.05) is 13.1 Å². The van der Waals surface area contributed by atoms with Gasteiger partial charge in [0.15, 0.2) is 0 Å². The number of sulfonamides is 1. The number of hydrogen-bond acceptors (Lipinski definition) is 5. The van der Waals surface area contributed by atoms with Gasteiger partial charge >= 0.3 is 5.69 Å². The van der Waals surface area contributed by atoms with Gasteiger partial charge in [0, 0.05) is 27.2 Å². The van der Waals surface area contributed by atoms with E-state index in [9.17, 15) is 22.8 Å². The van der Waals surface area contributed by atoms with E-state index in [4.69, 9.17) is 0 Å². The van der Waals surface area contributed by atoms with E-state index < -0.39 is 27.3 Å². The molecule has 1 unspecified atom stereocenters. The number of fused-ring (bicyclic) bond motifs is 1. The number of carbonyl (C=O) groups is 1. The lowest BCUT2D eigenvalue weighted by Gasteiger charge is -2.24. The lowest BCUT2D eigenvalue weighted by Crippen LogP contribution is -2.48. The number of hydrogen-bond donors (Lipinski definition) is 1. The summed E-state index contributed by atoms with van der Waals surface area (Å²) in [6.45, 7) is 1.21. The van der Waals surface area contributed by atoms with E-state index in [-0.39, 0.29) is 22.6 Å². The highest BCUT2D eigenvalue weighted by atomic mass is 32.2. The molecular formula is C23H26N4O5S. The molecule has 1 aliphatic rings. The fraction of sp³-hybridized carbons (Fsp3) is 0.348. The minimum Gasteiger partial charge on any atom is -0.341 e. The van der Waals surface area contributed by atoms with Crippen molar-refractivity contribution < 1.29 is 13.2 Å². The molecule has 0 bridgehead atoms. The number of likely N-dealkylation sites (tertiary alicyclic amines) is 1. The van der Waals surface area contributed by atoms with Gasteiger partial charge in [0.1, 0.15) is 6.04 Å². The summed E-state index contributed by atoms with van der Waals surface area (Å²) < 4.78 is 31.4. The molecule has 1 saturated heterocycles. The molecule has 0 radical (unpaired) electrons. The maximum absolute atomic E-state index is 13.3. The zero-order chi connectivity index (χ0) is 23.8. The molecule has 1 amide bonds. The molecule has 1 aromatic heterocycles. The summed E-state index contributed by atoms with van der Waals surface area (Å²) in [6.07, 6.45) is 1.99. The van der Waals surface area contributed by atoms with Crippen LogP contribution in [0.4, 0.5) is 0 Å². The third-order valence-corrected chi connectivity index (χ3v) is 7.51. The van der Waals surface area contributed by atoms with Crippen LogP contribution < -0.4 is 16.0 Å². The van der Waals surface area contributed by atoms with E-state index in [1.807, 2.05) is 30.3 Å². The van der Waals surface area contributed by atoms with E-state index in [1.165, 1.54) is 36.9 Å². The molecule has 4 rings (SSSR count). The second kappa shape index (κ2) is 8.95. The predicted octanol–water partition coefficient (Wildman–Crippen LogP) is 0.749. The summed E-state index contributed by atoms with van der Waals surface area (Å²) in [7, 11) is -1.27. The third-order valence-electron chi connectivity index (χ3n) is 6.04. The Kier molecular flexibility index (Phi) is 6.22. The van der Waals surface area contributed by atoms with Gasteiger partial charge in [-0.15, -0.1) is 0 Å². The molecule has 1 fully saturated rings. The maximum atomic E-state index is 13.3. The minimum atomic E-state index is -4.13. The molecule has 1 aliphatic heterocycles. The summed E-state index contributed by atoms with van der Waals surface area (Å²) in [5, 5.41) is 0.105. The lowest BCUT2D eigenvalue weighted by atomic mass is 10.1. The van der Waals surface area contributed by atoms with Gasteiger partial charge in [0.05, 0.1) is 15.8 Å². The van der Waals surface area contributed by atoms with E-state index in [2.05, 4.69) is 4.72 Å². The number of nitrogens with zero attached hydrogens (tertiary/aromatic N) is 3. The monoisotopic (exact) mass is 470 g/mol. The van der Waals surface area contributed by atoms with E-state index in [0.29, 0.717) is 18.6 Å². The SMILES string of the molecule is Cn1c(=O)c2cc(S(=O)(=O)NC(Cc3ccccc3)C(=O)N3CCCC3)ccc2n(C)c1=O. The average molecular weight is 471 g/mol. The molecule has 0 saturated carbocycles. The van der Waals surface area contributed by atoms with Crippen molar-refractivity contribution in [1.82, 2.24) is 18.8 Å².